The van der Waals surface area contributed by atoms with Crippen molar-refractivity contribution in [3.8, 4) is 5.75 Å². The molecule has 1 N–H and O–H groups in total. The predicted octanol–water partition coefficient (Wildman–Crippen LogP) is 3.62. The van der Waals surface area contributed by atoms with Gasteiger partial charge in [-0.25, -0.2) is 0 Å². The van der Waals surface area contributed by atoms with E-state index in [1.54, 1.807) is 6.07 Å². The summed E-state index contributed by atoms with van der Waals surface area (Å²) in [5.74, 6) is 0.848. The molecule has 20 heavy (non-hydrogen) atoms. The fraction of sp³-hybridized carbons (Fsp3) is 0.562. The molecule has 3 nitrogen and oxygen atoms in total. The Hall–Kier alpha value is -1.06. The Morgan fingerprint density at radius 1 is 1.50 bits per heavy atom. The minimum absolute atomic E-state index is 0.0338. The molecular weight excluding hydrogens is 274 g/mol. The summed E-state index contributed by atoms with van der Waals surface area (Å²) in [6.07, 6.45) is 2.89. The van der Waals surface area contributed by atoms with Crippen LogP contribution in [-0.4, -0.2) is 25.5 Å². The van der Waals surface area contributed by atoms with Gasteiger partial charge in [0.2, 0.25) is 0 Å². The van der Waals surface area contributed by atoms with E-state index in [9.17, 15) is 4.79 Å². The average molecular weight is 296 g/mol. The van der Waals surface area contributed by atoms with Gasteiger partial charge in [-0.1, -0.05) is 18.5 Å². The summed E-state index contributed by atoms with van der Waals surface area (Å²) in [7, 11) is 0. The van der Waals surface area contributed by atoms with Gasteiger partial charge in [0, 0.05) is 17.5 Å². The summed E-state index contributed by atoms with van der Waals surface area (Å²) >= 11 is 6.18. The Kier molecular flexibility index (Phi) is 5.44. The van der Waals surface area contributed by atoms with Crippen molar-refractivity contribution < 1.29 is 9.53 Å². The van der Waals surface area contributed by atoms with E-state index in [0.717, 1.165) is 37.9 Å². The van der Waals surface area contributed by atoms with Gasteiger partial charge in [0.05, 0.1) is 12.2 Å². The molecule has 1 saturated heterocycles. The number of aryl methyl sites for hydroxylation is 1. The first-order valence-electron chi connectivity index (χ1n) is 7.31. The number of piperidine rings is 1. The van der Waals surface area contributed by atoms with Crippen LogP contribution in [0.15, 0.2) is 12.1 Å². The van der Waals surface area contributed by atoms with E-state index in [1.165, 1.54) is 0 Å². The minimum atomic E-state index is 0.0338. The van der Waals surface area contributed by atoms with Crippen molar-refractivity contribution in [2.24, 2.45) is 5.92 Å². The number of hydrogen-bond donors (Lipinski definition) is 1. The maximum absolute atomic E-state index is 12.7. The number of ketones is 1. The molecule has 1 heterocycles. The zero-order valence-corrected chi connectivity index (χ0v) is 12.9. The maximum atomic E-state index is 12.7. The standard InChI is InChI=1S/C16H22ClNO2/c1-3-7-20-15-8-11(2)14(17)9-13(15)16(19)12-5-4-6-18-10-12/h8-9,12,18H,3-7,10H2,1-2H3. The van der Waals surface area contributed by atoms with Crippen molar-refractivity contribution in [2.75, 3.05) is 19.7 Å². The molecule has 0 amide bonds. The van der Waals surface area contributed by atoms with Crippen LogP contribution in [0.4, 0.5) is 0 Å². The number of benzene rings is 1. The van der Waals surface area contributed by atoms with Crippen LogP contribution in [0.1, 0.15) is 42.1 Å². The van der Waals surface area contributed by atoms with Gasteiger partial charge in [0.15, 0.2) is 5.78 Å². The van der Waals surface area contributed by atoms with Crippen molar-refractivity contribution >= 4 is 17.4 Å². The third-order valence-corrected chi connectivity index (χ3v) is 4.06. The van der Waals surface area contributed by atoms with Gasteiger partial charge in [-0.05, 0) is 50.4 Å². The summed E-state index contributed by atoms with van der Waals surface area (Å²) in [6, 6.07) is 3.64. The number of hydrogen-bond acceptors (Lipinski definition) is 3. The van der Waals surface area contributed by atoms with Crippen molar-refractivity contribution in [3.05, 3.63) is 28.3 Å². The monoisotopic (exact) mass is 295 g/mol. The fourth-order valence-electron chi connectivity index (χ4n) is 2.47. The molecule has 1 atom stereocenters. The van der Waals surface area contributed by atoms with Gasteiger partial charge in [0.25, 0.3) is 0 Å². The van der Waals surface area contributed by atoms with Crippen LogP contribution in [0.2, 0.25) is 5.02 Å². The molecule has 0 aliphatic carbocycles. The number of carbonyl (C=O) groups excluding carboxylic acids is 1. The second-order valence-corrected chi connectivity index (χ2v) is 5.76. The van der Waals surface area contributed by atoms with Crippen LogP contribution in [-0.2, 0) is 0 Å². The molecule has 0 saturated carbocycles. The third kappa shape index (κ3) is 3.53. The molecule has 1 fully saturated rings. The largest absolute Gasteiger partial charge is 0.493 e. The van der Waals surface area contributed by atoms with Crippen molar-refractivity contribution in [1.82, 2.24) is 5.32 Å². The number of Topliss-reactive ketones (excluding diaryl/α,β-unsaturated/α-hetero) is 1. The zero-order chi connectivity index (χ0) is 14.5. The molecule has 1 aliphatic heterocycles. The van der Waals surface area contributed by atoms with Gasteiger partial charge < -0.3 is 10.1 Å². The fourth-order valence-corrected chi connectivity index (χ4v) is 2.64. The number of rotatable bonds is 5. The van der Waals surface area contributed by atoms with Gasteiger partial charge in [0.1, 0.15) is 5.75 Å². The Labute approximate surface area is 125 Å². The Balaban J connectivity index is 2.27. The highest BCUT2D eigenvalue weighted by molar-refractivity contribution is 6.31. The van der Waals surface area contributed by atoms with Crippen LogP contribution in [0.5, 0.6) is 5.75 Å². The SMILES string of the molecule is CCCOc1cc(C)c(Cl)cc1C(=O)C1CCCNC1. The third-order valence-electron chi connectivity index (χ3n) is 3.66. The van der Waals surface area contributed by atoms with E-state index in [1.807, 2.05) is 13.0 Å². The first-order chi connectivity index (χ1) is 9.63. The molecule has 0 aromatic heterocycles. The highest BCUT2D eigenvalue weighted by Gasteiger charge is 2.25. The van der Waals surface area contributed by atoms with E-state index in [0.29, 0.717) is 22.9 Å². The van der Waals surface area contributed by atoms with E-state index >= 15 is 0 Å². The average Bonchev–Trinajstić information content (AvgIpc) is 2.48. The highest BCUT2D eigenvalue weighted by atomic mass is 35.5. The highest BCUT2D eigenvalue weighted by Crippen LogP contribution is 2.30. The summed E-state index contributed by atoms with van der Waals surface area (Å²) in [4.78, 5) is 12.7. The van der Waals surface area contributed by atoms with Crippen LogP contribution in [0.25, 0.3) is 0 Å². The van der Waals surface area contributed by atoms with E-state index in [2.05, 4.69) is 12.2 Å². The zero-order valence-electron chi connectivity index (χ0n) is 12.2. The van der Waals surface area contributed by atoms with Crippen LogP contribution in [0, 0.1) is 12.8 Å². The molecule has 4 heteroatoms. The Morgan fingerprint density at radius 3 is 2.95 bits per heavy atom. The normalized spacial score (nSPS) is 18.9. The number of nitrogens with one attached hydrogen (secondary N) is 1. The molecule has 1 aromatic carbocycles. The lowest BCUT2D eigenvalue weighted by atomic mass is 9.90. The summed E-state index contributed by atoms with van der Waals surface area (Å²) < 4.78 is 5.73. The maximum Gasteiger partial charge on any atom is 0.170 e. The lowest BCUT2D eigenvalue weighted by molar-refractivity contribution is 0.0895. The van der Waals surface area contributed by atoms with Crippen LogP contribution < -0.4 is 10.1 Å². The Morgan fingerprint density at radius 2 is 2.30 bits per heavy atom. The molecule has 2 rings (SSSR count). The van der Waals surface area contributed by atoms with Crippen molar-refractivity contribution in [3.63, 3.8) is 0 Å². The first-order valence-corrected chi connectivity index (χ1v) is 7.69. The lowest BCUT2D eigenvalue weighted by Gasteiger charge is -2.23. The predicted molar refractivity (Wildman–Crippen MR) is 81.9 cm³/mol. The molecule has 0 radical (unpaired) electrons. The van der Waals surface area contributed by atoms with Gasteiger partial charge in [-0.2, -0.15) is 0 Å². The van der Waals surface area contributed by atoms with Crippen molar-refractivity contribution in [1.29, 1.82) is 0 Å². The molecule has 1 unspecified atom stereocenters. The second kappa shape index (κ2) is 7.09. The molecular formula is C16H22ClNO2. The van der Waals surface area contributed by atoms with Gasteiger partial charge in [-0.3, -0.25) is 4.79 Å². The van der Waals surface area contributed by atoms with Gasteiger partial charge >= 0.3 is 0 Å². The molecule has 1 aromatic rings. The number of carbonyl (C=O) groups is 1. The summed E-state index contributed by atoms with van der Waals surface area (Å²) in [5.41, 5.74) is 1.57. The van der Waals surface area contributed by atoms with Crippen LogP contribution >= 0.6 is 11.6 Å². The first kappa shape index (κ1) is 15.3. The molecule has 0 spiro atoms. The number of halogens is 1. The quantitative estimate of drug-likeness (QED) is 0.843. The van der Waals surface area contributed by atoms with E-state index in [-0.39, 0.29) is 11.7 Å². The van der Waals surface area contributed by atoms with Crippen LogP contribution in [0.3, 0.4) is 0 Å². The lowest BCUT2D eigenvalue weighted by Crippen LogP contribution is -2.34. The summed E-state index contributed by atoms with van der Waals surface area (Å²) in [5, 5.41) is 3.91. The Bertz CT molecular complexity index is 482. The van der Waals surface area contributed by atoms with Crippen molar-refractivity contribution in [2.45, 2.75) is 33.1 Å². The minimum Gasteiger partial charge on any atom is -0.493 e. The molecule has 0 bridgehead atoms. The molecule has 110 valence electrons. The van der Waals surface area contributed by atoms with Gasteiger partial charge in [-0.15, -0.1) is 0 Å². The summed E-state index contributed by atoms with van der Waals surface area (Å²) in [6.45, 7) is 6.34. The smallest absolute Gasteiger partial charge is 0.170 e. The van der Waals surface area contributed by atoms with E-state index < -0.39 is 0 Å². The topological polar surface area (TPSA) is 38.3 Å². The second-order valence-electron chi connectivity index (χ2n) is 5.35. The van der Waals surface area contributed by atoms with E-state index in [4.69, 9.17) is 16.3 Å². The molecule has 1 aliphatic rings. The number of ether oxygens (including phenoxy) is 1.